The smallest absolute Gasteiger partial charge is 0.549 e. The summed E-state index contributed by atoms with van der Waals surface area (Å²) in [5, 5.41) is 11.0. The van der Waals surface area contributed by atoms with Crippen LogP contribution in [0.4, 0.5) is 0 Å². The van der Waals surface area contributed by atoms with Gasteiger partial charge in [-0.2, -0.15) is 0 Å². The largest absolute Gasteiger partial charge is 1.00 e. The molecule has 0 aromatic heterocycles. The minimum Gasteiger partial charge on any atom is -0.549 e. The Labute approximate surface area is 119 Å². The number of rotatable bonds is 4. The van der Waals surface area contributed by atoms with Crippen LogP contribution < -0.4 is 34.7 Å². The Kier molecular flexibility index (Phi) is 6.96. The Bertz CT molecular complexity index is 330. The van der Waals surface area contributed by atoms with Gasteiger partial charge in [0.05, 0.1) is 0 Å². The molecule has 0 aliphatic carbocycles. The third-order valence-corrected chi connectivity index (χ3v) is 2.67. The molecule has 0 saturated carbocycles. The first-order valence-corrected chi connectivity index (χ1v) is 5.36. The van der Waals surface area contributed by atoms with E-state index in [0.29, 0.717) is 0 Å². The van der Waals surface area contributed by atoms with Gasteiger partial charge >= 0.3 is 29.6 Å². The van der Waals surface area contributed by atoms with Gasteiger partial charge in [0, 0.05) is 11.9 Å². The van der Waals surface area contributed by atoms with Crippen molar-refractivity contribution in [1.29, 1.82) is 0 Å². The fraction of sp³-hybridized carbons (Fsp3) is 0.462. The molecule has 3 heteroatoms. The second-order valence-electron chi connectivity index (χ2n) is 4.14. The van der Waals surface area contributed by atoms with Gasteiger partial charge in [-0.05, 0) is 23.5 Å². The summed E-state index contributed by atoms with van der Waals surface area (Å²) in [7, 11) is 0. The minimum absolute atomic E-state index is 0. The van der Waals surface area contributed by atoms with Crippen LogP contribution in [0.5, 0.6) is 0 Å². The number of hydrogen-bond acceptors (Lipinski definition) is 2. The van der Waals surface area contributed by atoms with Crippen molar-refractivity contribution in [2.45, 2.75) is 33.1 Å². The summed E-state index contributed by atoms with van der Waals surface area (Å²) in [6, 6.07) is 7.74. The molecule has 0 spiro atoms. The van der Waals surface area contributed by atoms with E-state index in [1.807, 2.05) is 38.1 Å². The topological polar surface area (TPSA) is 40.1 Å². The number of hydrogen-bond donors (Lipinski definition) is 0. The molecule has 0 amide bonds. The monoisotopic (exact) mass is 228 g/mol. The molecule has 0 bridgehead atoms. The first-order chi connectivity index (χ1) is 7.06. The quantitative estimate of drug-likeness (QED) is 0.604. The van der Waals surface area contributed by atoms with E-state index in [2.05, 4.69) is 6.92 Å². The van der Waals surface area contributed by atoms with Crippen LogP contribution >= 0.6 is 0 Å². The molecule has 1 atom stereocenters. The molecule has 16 heavy (non-hydrogen) atoms. The standard InChI is InChI=1S/C13H18O2.Na/c1-4-10-5-7-11(8-6-10)12(9(2)3)13(14)15;/h5-9,12H,4H2,1-3H3,(H,14,15);/q;+1/p-1. The van der Waals surface area contributed by atoms with Crippen LogP contribution in [0.25, 0.3) is 0 Å². The Morgan fingerprint density at radius 1 is 1.25 bits per heavy atom. The molecule has 0 aliphatic heterocycles. The number of aliphatic carboxylic acids is 1. The van der Waals surface area contributed by atoms with Crippen LogP contribution in [0.2, 0.25) is 0 Å². The van der Waals surface area contributed by atoms with Crippen molar-refractivity contribution in [3.8, 4) is 0 Å². The van der Waals surface area contributed by atoms with Crippen molar-refractivity contribution < 1.29 is 39.5 Å². The average molecular weight is 228 g/mol. The zero-order chi connectivity index (χ0) is 11.4. The van der Waals surface area contributed by atoms with Crippen molar-refractivity contribution in [1.82, 2.24) is 0 Å². The summed E-state index contributed by atoms with van der Waals surface area (Å²) < 4.78 is 0. The maximum atomic E-state index is 11.0. The van der Waals surface area contributed by atoms with Crippen LogP contribution in [0.1, 0.15) is 37.8 Å². The summed E-state index contributed by atoms with van der Waals surface area (Å²) >= 11 is 0. The van der Waals surface area contributed by atoms with Crippen LogP contribution in [0, 0.1) is 5.92 Å². The average Bonchev–Trinajstić information content (AvgIpc) is 2.18. The third kappa shape index (κ3) is 3.93. The molecular formula is C13H17NaO2. The second-order valence-corrected chi connectivity index (χ2v) is 4.14. The van der Waals surface area contributed by atoms with Gasteiger partial charge in [0.1, 0.15) is 0 Å². The van der Waals surface area contributed by atoms with Gasteiger partial charge in [-0.15, -0.1) is 0 Å². The maximum Gasteiger partial charge on any atom is 1.00 e. The molecule has 1 aromatic carbocycles. The van der Waals surface area contributed by atoms with Crippen LogP contribution in [-0.2, 0) is 11.2 Å². The zero-order valence-electron chi connectivity index (χ0n) is 10.5. The summed E-state index contributed by atoms with van der Waals surface area (Å²) in [6.07, 6.45) is 0.970. The second kappa shape index (κ2) is 7.10. The molecule has 0 saturated heterocycles. The van der Waals surface area contributed by atoms with Crippen LogP contribution in [0.15, 0.2) is 24.3 Å². The molecule has 0 fully saturated rings. The van der Waals surface area contributed by atoms with E-state index in [1.54, 1.807) is 0 Å². The van der Waals surface area contributed by atoms with Gasteiger partial charge in [0.2, 0.25) is 0 Å². The van der Waals surface area contributed by atoms with Crippen LogP contribution in [0.3, 0.4) is 0 Å². The van der Waals surface area contributed by atoms with Crippen molar-refractivity contribution in [3.63, 3.8) is 0 Å². The minimum atomic E-state index is -0.991. The van der Waals surface area contributed by atoms with Crippen molar-refractivity contribution in [3.05, 3.63) is 35.4 Å². The number of carboxylic acid groups (broad SMARTS) is 1. The van der Waals surface area contributed by atoms with Crippen molar-refractivity contribution >= 4 is 5.97 Å². The van der Waals surface area contributed by atoms with Gasteiger partial charge in [-0.1, -0.05) is 45.0 Å². The fourth-order valence-corrected chi connectivity index (χ4v) is 1.75. The Hall–Kier alpha value is -0.310. The van der Waals surface area contributed by atoms with E-state index in [1.165, 1.54) is 5.56 Å². The summed E-state index contributed by atoms with van der Waals surface area (Å²) in [5.74, 6) is -1.44. The number of benzene rings is 1. The van der Waals surface area contributed by atoms with Crippen LogP contribution in [-0.4, -0.2) is 5.97 Å². The van der Waals surface area contributed by atoms with Gasteiger partial charge in [0.15, 0.2) is 0 Å². The predicted molar refractivity (Wildman–Crippen MR) is 58.4 cm³/mol. The summed E-state index contributed by atoms with van der Waals surface area (Å²) in [5.41, 5.74) is 2.06. The molecule has 1 aromatic rings. The normalized spacial score (nSPS) is 12.0. The van der Waals surface area contributed by atoms with E-state index in [9.17, 15) is 9.90 Å². The molecule has 0 heterocycles. The molecule has 0 radical (unpaired) electrons. The fourth-order valence-electron chi connectivity index (χ4n) is 1.75. The number of carbonyl (C=O) groups is 1. The molecule has 0 aliphatic rings. The summed E-state index contributed by atoms with van der Waals surface area (Å²) in [6.45, 7) is 5.87. The number of carbonyl (C=O) groups excluding carboxylic acids is 1. The molecule has 82 valence electrons. The molecule has 1 rings (SSSR count). The van der Waals surface area contributed by atoms with E-state index >= 15 is 0 Å². The Morgan fingerprint density at radius 2 is 1.75 bits per heavy atom. The Morgan fingerprint density at radius 3 is 2.06 bits per heavy atom. The zero-order valence-corrected chi connectivity index (χ0v) is 12.5. The first kappa shape index (κ1) is 15.7. The van der Waals surface area contributed by atoms with Gasteiger partial charge in [-0.3, -0.25) is 0 Å². The van der Waals surface area contributed by atoms with Gasteiger partial charge in [-0.25, -0.2) is 0 Å². The van der Waals surface area contributed by atoms with Gasteiger partial charge in [0.25, 0.3) is 0 Å². The third-order valence-electron chi connectivity index (χ3n) is 2.67. The molecule has 0 N–H and O–H groups in total. The predicted octanol–water partition coefficient (Wildman–Crippen LogP) is -1.26. The van der Waals surface area contributed by atoms with Gasteiger partial charge < -0.3 is 9.90 Å². The molecule has 1 unspecified atom stereocenters. The van der Waals surface area contributed by atoms with E-state index in [-0.39, 0.29) is 35.5 Å². The van der Waals surface area contributed by atoms with Crippen molar-refractivity contribution in [2.24, 2.45) is 5.92 Å². The number of aryl methyl sites for hydroxylation is 1. The number of carboxylic acids is 1. The molecular weight excluding hydrogens is 211 g/mol. The first-order valence-electron chi connectivity index (χ1n) is 5.36. The SMILES string of the molecule is CCc1ccc(C(C(=O)[O-])C(C)C)cc1.[Na+]. The molecule has 2 nitrogen and oxygen atoms in total. The van der Waals surface area contributed by atoms with Crippen molar-refractivity contribution in [2.75, 3.05) is 0 Å². The summed E-state index contributed by atoms with van der Waals surface area (Å²) in [4.78, 5) is 11.0. The van der Waals surface area contributed by atoms with E-state index < -0.39 is 11.9 Å². The van der Waals surface area contributed by atoms with E-state index in [0.717, 1.165) is 12.0 Å². The Balaban J connectivity index is 0.00000225. The maximum absolute atomic E-state index is 11.0. The van der Waals surface area contributed by atoms with E-state index in [4.69, 9.17) is 0 Å².